The van der Waals surface area contributed by atoms with Crippen LogP contribution >= 0.6 is 0 Å². The minimum atomic E-state index is -0.506. The van der Waals surface area contributed by atoms with Crippen molar-refractivity contribution in [1.29, 1.82) is 0 Å². The lowest BCUT2D eigenvalue weighted by atomic mass is 10.1. The number of hydrogen-bond acceptors (Lipinski definition) is 2. The third-order valence-electron chi connectivity index (χ3n) is 2.99. The second kappa shape index (κ2) is 5.44. The molecular weight excluding hydrogens is 240 g/mol. The number of amides is 1. The van der Waals surface area contributed by atoms with E-state index in [9.17, 15) is 9.59 Å². The first-order valence-corrected chi connectivity index (χ1v) is 5.99. The highest BCUT2D eigenvalue weighted by molar-refractivity contribution is 5.97. The Balaban J connectivity index is 2.29. The van der Waals surface area contributed by atoms with Gasteiger partial charge in [0.1, 0.15) is 5.56 Å². The quantitative estimate of drug-likeness (QED) is 0.665. The Morgan fingerprint density at radius 1 is 1.05 bits per heavy atom. The van der Waals surface area contributed by atoms with Crippen LogP contribution < -0.4 is 10.3 Å². The van der Waals surface area contributed by atoms with Gasteiger partial charge in [-0.2, -0.15) is 4.57 Å². The molecule has 0 radical (unpaired) electrons. The molecule has 0 spiro atoms. The number of primary amides is 1. The maximum Gasteiger partial charge on any atom is 0.254 e. The molecule has 0 aliphatic heterocycles. The largest absolute Gasteiger partial charge is 0.365 e. The number of carbonyl (C=O) groups is 2. The maximum absolute atomic E-state index is 12.3. The lowest BCUT2D eigenvalue weighted by Crippen LogP contribution is -2.42. The Hall–Kier alpha value is -2.49. The van der Waals surface area contributed by atoms with Crippen LogP contribution in [0.5, 0.6) is 0 Å². The molecule has 0 saturated carbocycles. The number of pyridine rings is 1. The predicted octanol–water partition coefficient (Wildman–Crippen LogP) is 1.52. The smallest absolute Gasteiger partial charge is 0.254 e. The summed E-state index contributed by atoms with van der Waals surface area (Å²) >= 11 is 0. The minimum Gasteiger partial charge on any atom is -0.365 e. The van der Waals surface area contributed by atoms with E-state index in [4.69, 9.17) is 5.73 Å². The first-order valence-electron chi connectivity index (χ1n) is 5.99. The minimum absolute atomic E-state index is 0.00720. The van der Waals surface area contributed by atoms with Gasteiger partial charge in [0, 0.05) is 18.6 Å². The van der Waals surface area contributed by atoms with Crippen LogP contribution in [0.15, 0.2) is 54.9 Å². The van der Waals surface area contributed by atoms with Gasteiger partial charge in [-0.1, -0.05) is 30.3 Å². The summed E-state index contributed by atoms with van der Waals surface area (Å²) in [6.45, 7) is 1.79. The maximum atomic E-state index is 12.3. The van der Waals surface area contributed by atoms with Crippen molar-refractivity contribution in [3.05, 3.63) is 66.0 Å². The van der Waals surface area contributed by atoms with E-state index in [1.165, 1.54) is 0 Å². The molecule has 4 nitrogen and oxygen atoms in total. The summed E-state index contributed by atoms with van der Waals surface area (Å²) in [4.78, 5) is 23.4. The fraction of sp³-hybridized carbons (Fsp3) is 0.133. The normalized spacial score (nSPS) is 11.8. The first kappa shape index (κ1) is 13.0. The molecule has 0 saturated heterocycles. The summed E-state index contributed by atoms with van der Waals surface area (Å²) in [7, 11) is 0. The van der Waals surface area contributed by atoms with E-state index in [0.29, 0.717) is 11.1 Å². The average Bonchev–Trinajstić information content (AvgIpc) is 2.46. The van der Waals surface area contributed by atoms with Crippen molar-refractivity contribution in [3.63, 3.8) is 0 Å². The van der Waals surface area contributed by atoms with Crippen LogP contribution in [0.4, 0.5) is 0 Å². The van der Waals surface area contributed by atoms with E-state index in [1.54, 1.807) is 48.1 Å². The van der Waals surface area contributed by atoms with Crippen molar-refractivity contribution in [2.24, 2.45) is 5.73 Å². The second-order valence-corrected chi connectivity index (χ2v) is 4.31. The third kappa shape index (κ3) is 2.85. The molecule has 0 aliphatic rings. The van der Waals surface area contributed by atoms with Crippen molar-refractivity contribution in [2.45, 2.75) is 13.0 Å². The van der Waals surface area contributed by atoms with E-state index in [1.807, 2.05) is 18.2 Å². The summed E-state index contributed by atoms with van der Waals surface area (Å²) in [5, 5.41) is 0. The number of nitrogens with zero attached hydrogens (tertiary/aromatic N) is 1. The van der Waals surface area contributed by atoms with Gasteiger partial charge in [-0.15, -0.1) is 0 Å². The SMILES string of the molecule is C[C@H](C(=O)c1ccccc1)[n+]1cccc(C(N)=O)c1. The van der Waals surface area contributed by atoms with Gasteiger partial charge in [-0.25, -0.2) is 0 Å². The van der Waals surface area contributed by atoms with Gasteiger partial charge in [0.25, 0.3) is 5.91 Å². The van der Waals surface area contributed by atoms with Crippen molar-refractivity contribution < 1.29 is 14.2 Å². The van der Waals surface area contributed by atoms with Crippen LogP contribution in [0.2, 0.25) is 0 Å². The van der Waals surface area contributed by atoms with E-state index in [-0.39, 0.29) is 11.8 Å². The highest BCUT2D eigenvalue weighted by Gasteiger charge is 2.23. The van der Waals surface area contributed by atoms with Gasteiger partial charge in [0.05, 0.1) is 0 Å². The molecule has 2 rings (SSSR count). The molecule has 0 aliphatic carbocycles. The lowest BCUT2D eigenvalue weighted by Gasteiger charge is -2.06. The Kier molecular flexibility index (Phi) is 3.71. The van der Waals surface area contributed by atoms with Crippen LogP contribution in [0.25, 0.3) is 0 Å². The number of aromatic nitrogens is 1. The number of benzene rings is 1. The number of carbonyl (C=O) groups excluding carboxylic acids is 2. The molecule has 0 bridgehead atoms. The molecule has 1 amide bonds. The Morgan fingerprint density at radius 2 is 1.68 bits per heavy atom. The van der Waals surface area contributed by atoms with Gasteiger partial charge in [0.2, 0.25) is 11.8 Å². The Labute approximate surface area is 111 Å². The van der Waals surface area contributed by atoms with Crippen LogP contribution in [0.3, 0.4) is 0 Å². The Morgan fingerprint density at radius 3 is 2.32 bits per heavy atom. The highest BCUT2D eigenvalue weighted by atomic mass is 16.1. The highest BCUT2D eigenvalue weighted by Crippen LogP contribution is 2.08. The average molecular weight is 255 g/mol. The fourth-order valence-corrected chi connectivity index (χ4v) is 1.86. The summed E-state index contributed by atoms with van der Waals surface area (Å²) in [6.07, 6.45) is 3.34. The van der Waals surface area contributed by atoms with Gasteiger partial charge >= 0.3 is 0 Å². The summed E-state index contributed by atoms with van der Waals surface area (Å²) in [5.41, 5.74) is 6.26. The molecule has 1 aromatic heterocycles. The van der Waals surface area contributed by atoms with Gasteiger partial charge in [-0.05, 0) is 6.07 Å². The van der Waals surface area contributed by atoms with E-state index in [0.717, 1.165) is 0 Å². The van der Waals surface area contributed by atoms with Gasteiger partial charge < -0.3 is 5.73 Å². The monoisotopic (exact) mass is 255 g/mol. The number of Topliss-reactive ketones (excluding diaryl/α,β-unsaturated/α-hetero) is 1. The van der Waals surface area contributed by atoms with Crippen LogP contribution in [-0.2, 0) is 0 Å². The molecule has 96 valence electrons. The number of hydrogen-bond donors (Lipinski definition) is 1. The van der Waals surface area contributed by atoms with Gasteiger partial charge in [0.15, 0.2) is 12.4 Å². The molecular formula is C15H15N2O2+. The predicted molar refractivity (Wildman–Crippen MR) is 70.6 cm³/mol. The lowest BCUT2D eigenvalue weighted by molar-refractivity contribution is -0.704. The Bertz CT molecular complexity index is 609. The number of nitrogens with two attached hydrogens (primary N) is 1. The summed E-state index contributed by atoms with van der Waals surface area (Å²) < 4.78 is 1.69. The molecule has 2 N–H and O–H groups in total. The number of ketones is 1. The van der Waals surface area contributed by atoms with Gasteiger partial charge in [-0.3, -0.25) is 9.59 Å². The van der Waals surface area contributed by atoms with Crippen LogP contribution in [0.1, 0.15) is 33.7 Å². The van der Waals surface area contributed by atoms with Crippen molar-refractivity contribution in [2.75, 3.05) is 0 Å². The zero-order valence-corrected chi connectivity index (χ0v) is 10.6. The van der Waals surface area contributed by atoms with Crippen molar-refractivity contribution in [1.82, 2.24) is 0 Å². The molecule has 0 fully saturated rings. The molecule has 1 atom stereocenters. The van der Waals surface area contributed by atoms with E-state index >= 15 is 0 Å². The standard InChI is InChI=1S/C15H14N2O2/c1-11(14(18)12-6-3-2-4-7-12)17-9-5-8-13(10-17)15(16)19/h2-11H,1H3,(H-,16,19)/p+1/t11-/m1/s1. The summed E-state index contributed by atoms with van der Waals surface area (Å²) in [5.74, 6) is -0.513. The topological polar surface area (TPSA) is 64.0 Å². The van der Waals surface area contributed by atoms with Crippen LogP contribution in [0, 0.1) is 0 Å². The van der Waals surface area contributed by atoms with Crippen LogP contribution in [-0.4, -0.2) is 11.7 Å². The zero-order valence-electron chi connectivity index (χ0n) is 10.6. The fourth-order valence-electron chi connectivity index (χ4n) is 1.86. The first-order chi connectivity index (χ1) is 9.09. The summed E-state index contributed by atoms with van der Waals surface area (Å²) in [6, 6.07) is 12.0. The van der Waals surface area contributed by atoms with E-state index in [2.05, 4.69) is 0 Å². The molecule has 1 aromatic carbocycles. The molecule has 19 heavy (non-hydrogen) atoms. The van der Waals surface area contributed by atoms with Crippen molar-refractivity contribution in [3.8, 4) is 0 Å². The number of rotatable bonds is 4. The molecule has 2 aromatic rings. The second-order valence-electron chi connectivity index (χ2n) is 4.31. The molecule has 0 unspecified atom stereocenters. The zero-order chi connectivity index (χ0) is 13.8. The third-order valence-corrected chi connectivity index (χ3v) is 2.99. The van der Waals surface area contributed by atoms with E-state index < -0.39 is 5.91 Å². The molecule has 1 heterocycles. The van der Waals surface area contributed by atoms with Crippen molar-refractivity contribution >= 4 is 11.7 Å². The molecule has 4 heteroatoms.